The van der Waals surface area contributed by atoms with E-state index in [1.807, 2.05) is 19.1 Å². The van der Waals surface area contributed by atoms with Crippen LogP contribution in [0, 0.1) is 12.8 Å². The van der Waals surface area contributed by atoms with E-state index in [4.69, 9.17) is 0 Å². The van der Waals surface area contributed by atoms with Crippen molar-refractivity contribution in [2.75, 3.05) is 32.0 Å². The highest BCUT2D eigenvalue weighted by molar-refractivity contribution is 5.90. The molecular formula is C19H32N6O. The summed E-state index contributed by atoms with van der Waals surface area (Å²) >= 11 is 0. The maximum atomic E-state index is 12.1. The first-order valence-electron chi connectivity index (χ1n) is 9.33. The quantitative estimate of drug-likeness (QED) is 0.530. The molecule has 2 atom stereocenters. The lowest BCUT2D eigenvalue weighted by Crippen LogP contribution is -2.47. The molecule has 1 aliphatic heterocycles. The van der Waals surface area contributed by atoms with Crippen molar-refractivity contribution in [3.05, 3.63) is 23.9 Å². The minimum absolute atomic E-state index is 0.0636. The number of hydrogen-bond acceptors (Lipinski definition) is 4. The van der Waals surface area contributed by atoms with Crippen molar-refractivity contribution in [1.29, 1.82) is 0 Å². The van der Waals surface area contributed by atoms with E-state index < -0.39 is 0 Å². The molecular weight excluding hydrogens is 328 g/mol. The maximum absolute atomic E-state index is 12.1. The molecule has 0 saturated carbocycles. The van der Waals surface area contributed by atoms with Crippen LogP contribution in [0.25, 0.3) is 0 Å². The van der Waals surface area contributed by atoms with Crippen LogP contribution in [0.1, 0.15) is 32.9 Å². The molecule has 1 saturated heterocycles. The number of pyridine rings is 1. The molecule has 0 radical (unpaired) electrons. The summed E-state index contributed by atoms with van der Waals surface area (Å²) in [5.41, 5.74) is 0.881. The zero-order valence-corrected chi connectivity index (χ0v) is 16.5. The number of nitrogens with zero attached hydrogens (tertiary/aromatic N) is 3. The topological polar surface area (TPSA) is 81.6 Å². The number of aliphatic imine (C=N–C) groups is 1. The average molecular weight is 361 g/mol. The number of rotatable bonds is 6. The molecule has 144 valence electrons. The molecule has 2 unspecified atom stereocenters. The third-order valence-corrected chi connectivity index (χ3v) is 4.72. The number of hydrogen-bond donors (Lipinski definition) is 3. The molecule has 3 N–H and O–H groups in total. The summed E-state index contributed by atoms with van der Waals surface area (Å²) in [4.78, 5) is 23.1. The summed E-state index contributed by atoms with van der Waals surface area (Å²) in [5, 5.41) is 9.53. The van der Waals surface area contributed by atoms with E-state index in [2.05, 4.69) is 51.6 Å². The molecule has 1 amide bonds. The highest BCUT2D eigenvalue weighted by atomic mass is 16.1. The van der Waals surface area contributed by atoms with Crippen molar-refractivity contribution in [3.63, 3.8) is 0 Å². The molecule has 0 aromatic carbocycles. The highest BCUT2D eigenvalue weighted by Gasteiger charge is 2.31. The zero-order valence-electron chi connectivity index (χ0n) is 16.5. The Hall–Kier alpha value is -2.15. The van der Waals surface area contributed by atoms with Crippen molar-refractivity contribution < 1.29 is 4.79 Å². The monoisotopic (exact) mass is 360 g/mol. The van der Waals surface area contributed by atoms with Gasteiger partial charge in [0.2, 0.25) is 5.91 Å². The number of amides is 1. The summed E-state index contributed by atoms with van der Waals surface area (Å²) in [7, 11) is 1.76. The van der Waals surface area contributed by atoms with E-state index in [0.29, 0.717) is 36.8 Å². The number of likely N-dealkylation sites (tertiary alicyclic amines) is 1. The fourth-order valence-electron chi connectivity index (χ4n) is 3.10. The summed E-state index contributed by atoms with van der Waals surface area (Å²) in [6, 6.07) is 6.50. The van der Waals surface area contributed by atoms with E-state index in [1.165, 1.54) is 0 Å². The molecule has 1 aromatic rings. The Kier molecular flexibility index (Phi) is 7.38. The van der Waals surface area contributed by atoms with E-state index >= 15 is 0 Å². The summed E-state index contributed by atoms with van der Waals surface area (Å²) in [5.74, 6) is 1.83. The average Bonchev–Trinajstić information content (AvgIpc) is 2.95. The molecule has 26 heavy (non-hydrogen) atoms. The molecule has 7 nitrogen and oxygen atoms in total. The highest BCUT2D eigenvalue weighted by Crippen LogP contribution is 2.18. The van der Waals surface area contributed by atoms with Crippen molar-refractivity contribution >= 4 is 17.7 Å². The van der Waals surface area contributed by atoms with Gasteiger partial charge in [-0.15, -0.1) is 0 Å². The lowest BCUT2D eigenvalue weighted by molar-refractivity contribution is -0.116. The van der Waals surface area contributed by atoms with Crippen LogP contribution in [0.15, 0.2) is 23.2 Å². The number of carbonyl (C=O) groups is 1. The van der Waals surface area contributed by atoms with Crippen LogP contribution in [-0.2, 0) is 4.79 Å². The smallest absolute Gasteiger partial charge is 0.227 e. The van der Waals surface area contributed by atoms with Gasteiger partial charge in [0.25, 0.3) is 0 Å². The molecule has 1 aromatic heterocycles. The second-order valence-electron chi connectivity index (χ2n) is 7.24. The van der Waals surface area contributed by atoms with E-state index in [9.17, 15) is 4.79 Å². The Bertz CT molecular complexity index is 630. The minimum atomic E-state index is -0.0636. The van der Waals surface area contributed by atoms with Crippen LogP contribution in [0.5, 0.6) is 0 Å². The molecule has 2 heterocycles. The van der Waals surface area contributed by atoms with Crippen molar-refractivity contribution in [2.24, 2.45) is 10.9 Å². The number of carbonyl (C=O) groups excluding carboxylic acids is 1. The lowest BCUT2D eigenvalue weighted by Gasteiger charge is -2.21. The third kappa shape index (κ3) is 5.98. The van der Waals surface area contributed by atoms with E-state index in [-0.39, 0.29) is 5.91 Å². The molecule has 2 rings (SSSR count). The molecule has 1 aliphatic rings. The minimum Gasteiger partial charge on any atom is -0.356 e. The normalized spacial score (nSPS) is 21.1. The number of aryl methyl sites for hydroxylation is 1. The Morgan fingerprint density at radius 1 is 1.38 bits per heavy atom. The molecule has 0 aliphatic carbocycles. The fourth-order valence-corrected chi connectivity index (χ4v) is 3.10. The second kappa shape index (κ2) is 9.52. The fraction of sp³-hybridized carbons (Fsp3) is 0.632. The molecule has 0 bridgehead atoms. The Labute approximate surface area is 156 Å². The van der Waals surface area contributed by atoms with Crippen LogP contribution in [0.3, 0.4) is 0 Å². The largest absolute Gasteiger partial charge is 0.356 e. The maximum Gasteiger partial charge on any atom is 0.227 e. The SMILES string of the molecule is CN=C(NCCC(=O)Nc1cccc(C)n1)NC1CN(C(C)C)CC1C. The van der Waals surface area contributed by atoms with Gasteiger partial charge in [0.05, 0.1) is 0 Å². The first-order chi connectivity index (χ1) is 12.4. The van der Waals surface area contributed by atoms with Crippen molar-refractivity contribution in [2.45, 2.75) is 46.2 Å². The first kappa shape index (κ1) is 20.2. The van der Waals surface area contributed by atoms with Gasteiger partial charge in [-0.05, 0) is 38.8 Å². The predicted octanol–water partition coefficient (Wildman–Crippen LogP) is 1.61. The Morgan fingerprint density at radius 2 is 2.15 bits per heavy atom. The van der Waals surface area contributed by atoms with Gasteiger partial charge in [0.15, 0.2) is 5.96 Å². The van der Waals surface area contributed by atoms with Gasteiger partial charge in [0, 0.05) is 50.9 Å². The van der Waals surface area contributed by atoms with Crippen LogP contribution in [0.4, 0.5) is 5.82 Å². The number of guanidine groups is 1. The standard InChI is InChI=1S/C19H32N6O/c1-13(2)25-11-14(3)16(12-25)23-19(20-5)21-10-9-18(26)24-17-8-6-7-15(4)22-17/h6-8,13-14,16H,9-12H2,1-5H3,(H2,20,21,23)(H,22,24,26). The Morgan fingerprint density at radius 3 is 2.77 bits per heavy atom. The predicted molar refractivity (Wildman–Crippen MR) is 106 cm³/mol. The number of nitrogens with one attached hydrogen (secondary N) is 3. The Balaban J connectivity index is 1.74. The van der Waals surface area contributed by atoms with Gasteiger partial charge in [-0.3, -0.25) is 14.7 Å². The van der Waals surface area contributed by atoms with Crippen LogP contribution in [0.2, 0.25) is 0 Å². The summed E-state index contributed by atoms with van der Waals surface area (Å²) in [6.45, 7) is 11.2. The van der Waals surface area contributed by atoms with E-state index in [1.54, 1.807) is 13.1 Å². The van der Waals surface area contributed by atoms with Crippen LogP contribution >= 0.6 is 0 Å². The van der Waals surface area contributed by atoms with E-state index in [0.717, 1.165) is 24.7 Å². The number of aromatic nitrogens is 1. The third-order valence-electron chi connectivity index (χ3n) is 4.72. The lowest BCUT2D eigenvalue weighted by atomic mass is 10.1. The van der Waals surface area contributed by atoms with Gasteiger partial charge in [-0.25, -0.2) is 4.98 Å². The summed E-state index contributed by atoms with van der Waals surface area (Å²) < 4.78 is 0. The van der Waals surface area contributed by atoms with Crippen LogP contribution in [-0.4, -0.2) is 60.5 Å². The van der Waals surface area contributed by atoms with Crippen molar-refractivity contribution in [1.82, 2.24) is 20.5 Å². The zero-order chi connectivity index (χ0) is 19.1. The van der Waals surface area contributed by atoms with Gasteiger partial charge >= 0.3 is 0 Å². The van der Waals surface area contributed by atoms with Gasteiger partial charge in [-0.2, -0.15) is 0 Å². The molecule has 1 fully saturated rings. The number of anilines is 1. The van der Waals surface area contributed by atoms with Crippen molar-refractivity contribution in [3.8, 4) is 0 Å². The summed E-state index contributed by atoms with van der Waals surface area (Å²) in [6.07, 6.45) is 0.356. The van der Waals surface area contributed by atoms with Crippen LogP contribution < -0.4 is 16.0 Å². The second-order valence-corrected chi connectivity index (χ2v) is 7.24. The first-order valence-corrected chi connectivity index (χ1v) is 9.33. The molecule has 0 spiro atoms. The molecule has 7 heteroatoms. The van der Waals surface area contributed by atoms with Gasteiger partial charge < -0.3 is 16.0 Å². The van der Waals surface area contributed by atoms with Gasteiger partial charge in [-0.1, -0.05) is 13.0 Å². The van der Waals surface area contributed by atoms with Gasteiger partial charge in [0.1, 0.15) is 5.82 Å².